The molecular weight excluding hydrogens is 244 g/mol. The first kappa shape index (κ1) is 13.5. The molecule has 1 rings (SSSR count). The van der Waals surface area contributed by atoms with Crippen LogP contribution >= 0.6 is 0 Å². The Hall–Kier alpha value is -2.53. The molecule has 0 amide bonds. The lowest BCUT2D eigenvalue weighted by Crippen LogP contribution is -2.22. The van der Waals surface area contributed by atoms with Crippen molar-refractivity contribution in [3.8, 4) is 6.07 Å². The maximum Gasteiger partial charge on any atom is 0.201 e. The smallest absolute Gasteiger partial charge is 0.201 e. The number of amidine groups is 1. The van der Waals surface area contributed by atoms with Gasteiger partial charge in [0, 0.05) is 5.56 Å². The van der Waals surface area contributed by atoms with E-state index >= 15 is 0 Å². The van der Waals surface area contributed by atoms with E-state index in [9.17, 15) is 8.78 Å². The van der Waals surface area contributed by atoms with Crippen LogP contribution in [-0.2, 0) is 6.61 Å². The lowest BCUT2D eigenvalue weighted by molar-refractivity contribution is 0.281. The van der Waals surface area contributed by atoms with Crippen molar-refractivity contribution < 1.29 is 13.9 Å². The number of nitrogens with zero attached hydrogens (tertiary/aromatic N) is 2. The molecule has 0 heterocycles. The lowest BCUT2D eigenvalue weighted by Gasteiger charge is -2.08. The molecule has 0 bridgehead atoms. The minimum Gasteiger partial charge on any atom is -0.392 e. The third kappa shape index (κ3) is 2.78. The minimum atomic E-state index is -1.24. The van der Waals surface area contributed by atoms with Gasteiger partial charge in [-0.3, -0.25) is 10.8 Å². The molecular formula is C10H9F2N5O. The Kier molecular flexibility index (Phi) is 4.28. The van der Waals surface area contributed by atoms with Gasteiger partial charge in [0.1, 0.15) is 11.8 Å². The van der Waals surface area contributed by atoms with Gasteiger partial charge in [-0.25, -0.2) is 8.78 Å². The Morgan fingerprint density at radius 2 is 2.22 bits per heavy atom. The van der Waals surface area contributed by atoms with Crippen LogP contribution in [0.2, 0.25) is 0 Å². The summed E-state index contributed by atoms with van der Waals surface area (Å²) in [5, 5.41) is 27.9. The molecule has 6 nitrogen and oxygen atoms in total. The number of benzene rings is 1. The number of nitrogens with one attached hydrogen (secondary N) is 2. The topological polar surface area (TPSA) is 118 Å². The Labute approximate surface area is 101 Å². The van der Waals surface area contributed by atoms with E-state index in [1.54, 1.807) is 0 Å². The van der Waals surface area contributed by atoms with Crippen LogP contribution < -0.4 is 11.2 Å². The maximum atomic E-state index is 13.4. The van der Waals surface area contributed by atoms with E-state index in [1.807, 2.05) is 0 Å². The SMILES string of the molecule is N#C/C(=N\Nc1c(CO)ccc(F)c1F)C(=N)N. The van der Waals surface area contributed by atoms with Crippen LogP contribution in [0.4, 0.5) is 14.5 Å². The highest BCUT2D eigenvalue weighted by molar-refractivity contribution is 6.45. The van der Waals surface area contributed by atoms with Crippen LogP contribution in [-0.4, -0.2) is 16.7 Å². The second-order valence-electron chi connectivity index (χ2n) is 3.15. The summed E-state index contributed by atoms with van der Waals surface area (Å²) in [4.78, 5) is 0. The first-order valence-corrected chi connectivity index (χ1v) is 4.67. The Morgan fingerprint density at radius 1 is 1.56 bits per heavy atom. The third-order valence-corrected chi connectivity index (χ3v) is 1.99. The zero-order valence-corrected chi connectivity index (χ0v) is 9.04. The molecule has 0 atom stereocenters. The average molecular weight is 253 g/mol. The summed E-state index contributed by atoms with van der Waals surface area (Å²) in [6.07, 6.45) is 0. The fourth-order valence-electron chi connectivity index (χ4n) is 1.10. The van der Waals surface area contributed by atoms with Crippen molar-refractivity contribution in [1.82, 2.24) is 0 Å². The van der Waals surface area contributed by atoms with Crippen LogP contribution in [0.1, 0.15) is 5.56 Å². The van der Waals surface area contributed by atoms with Gasteiger partial charge in [-0.2, -0.15) is 10.4 Å². The zero-order valence-electron chi connectivity index (χ0n) is 9.04. The molecule has 0 saturated carbocycles. The summed E-state index contributed by atoms with van der Waals surface area (Å²) in [7, 11) is 0. The van der Waals surface area contributed by atoms with Gasteiger partial charge in [0.15, 0.2) is 17.5 Å². The molecule has 5 N–H and O–H groups in total. The van der Waals surface area contributed by atoms with Gasteiger partial charge in [-0.05, 0) is 6.07 Å². The number of aliphatic hydroxyl groups is 1. The van der Waals surface area contributed by atoms with Gasteiger partial charge in [0.2, 0.25) is 5.71 Å². The fourth-order valence-corrected chi connectivity index (χ4v) is 1.10. The summed E-state index contributed by atoms with van der Waals surface area (Å²) >= 11 is 0. The number of nitriles is 1. The van der Waals surface area contributed by atoms with E-state index in [0.29, 0.717) is 0 Å². The molecule has 0 unspecified atom stereocenters. The maximum absolute atomic E-state index is 13.4. The van der Waals surface area contributed by atoms with Crippen molar-refractivity contribution in [2.45, 2.75) is 6.61 Å². The lowest BCUT2D eigenvalue weighted by atomic mass is 10.2. The average Bonchev–Trinajstić information content (AvgIpc) is 2.34. The molecule has 1 aromatic carbocycles. The van der Waals surface area contributed by atoms with Crippen molar-refractivity contribution >= 4 is 17.2 Å². The first-order valence-electron chi connectivity index (χ1n) is 4.67. The van der Waals surface area contributed by atoms with Crippen molar-refractivity contribution in [3.63, 3.8) is 0 Å². The molecule has 0 fully saturated rings. The molecule has 0 aromatic heterocycles. The second kappa shape index (κ2) is 5.70. The fraction of sp³-hybridized carbons (Fsp3) is 0.100. The van der Waals surface area contributed by atoms with Crippen LogP contribution in [0.15, 0.2) is 17.2 Å². The number of rotatable bonds is 4. The Bertz CT molecular complexity index is 550. The first-order chi connectivity index (χ1) is 8.51. The van der Waals surface area contributed by atoms with E-state index in [0.717, 1.165) is 12.1 Å². The summed E-state index contributed by atoms with van der Waals surface area (Å²) in [5.41, 5.74) is 6.26. The highest BCUT2D eigenvalue weighted by atomic mass is 19.2. The summed E-state index contributed by atoms with van der Waals surface area (Å²) in [5.74, 6) is -3.00. The number of hydrazone groups is 1. The highest BCUT2D eigenvalue weighted by Gasteiger charge is 2.13. The summed E-state index contributed by atoms with van der Waals surface area (Å²) in [6, 6.07) is 3.52. The second-order valence-corrected chi connectivity index (χ2v) is 3.15. The molecule has 0 aliphatic heterocycles. The molecule has 18 heavy (non-hydrogen) atoms. The van der Waals surface area contributed by atoms with Crippen molar-refractivity contribution in [2.75, 3.05) is 5.43 Å². The number of anilines is 1. The molecule has 0 aliphatic carbocycles. The van der Waals surface area contributed by atoms with Crippen LogP contribution in [0.25, 0.3) is 0 Å². The van der Waals surface area contributed by atoms with Gasteiger partial charge in [-0.15, -0.1) is 0 Å². The van der Waals surface area contributed by atoms with E-state index in [1.165, 1.54) is 6.07 Å². The van der Waals surface area contributed by atoms with Gasteiger partial charge >= 0.3 is 0 Å². The molecule has 0 saturated heterocycles. The van der Waals surface area contributed by atoms with Crippen LogP contribution in [0, 0.1) is 28.4 Å². The van der Waals surface area contributed by atoms with E-state index in [4.69, 9.17) is 21.5 Å². The molecule has 1 aromatic rings. The van der Waals surface area contributed by atoms with Gasteiger partial charge in [-0.1, -0.05) is 6.07 Å². The zero-order chi connectivity index (χ0) is 13.7. The number of halogens is 2. The molecule has 94 valence electrons. The Balaban J connectivity index is 3.15. The van der Waals surface area contributed by atoms with Crippen LogP contribution in [0.3, 0.4) is 0 Å². The molecule has 0 radical (unpaired) electrons. The van der Waals surface area contributed by atoms with E-state index in [-0.39, 0.29) is 5.56 Å². The number of aliphatic hydroxyl groups excluding tert-OH is 1. The highest BCUT2D eigenvalue weighted by Crippen LogP contribution is 2.22. The van der Waals surface area contributed by atoms with E-state index in [2.05, 4.69) is 10.5 Å². The number of nitrogens with two attached hydrogens (primary N) is 1. The monoisotopic (exact) mass is 253 g/mol. The largest absolute Gasteiger partial charge is 0.392 e. The standard InChI is InChI=1S/C10H9F2N5O/c11-6-2-1-5(4-18)9(8(6)12)17-16-7(3-13)10(14)15/h1-2,17-18H,4H2,(H3,14,15)/b16-7+. The Morgan fingerprint density at radius 3 is 2.72 bits per heavy atom. The third-order valence-electron chi connectivity index (χ3n) is 1.99. The van der Waals surface area contributed by atoms with Gasteiger partial charge in [0.25, 0.3) is 0 Å². The van der Waals surface area contributed by atoms with Gasteiger partial charge in [0.05, 0.1) is 6.61 Å². The minimum absolute atomic E-state index is 0.0542. The molecule has 0 aliphatic rings. The van der Waals surface area contributed by atoms with Crippen LogP contribution in [0.5, 0.6) is 0 Å². The van der Waals surface area contributed by atoms with Crippen molar-refractivity contribution in [2.24, 2.45) is 10.8 Å². The predicted octanol–water partition coefficient (Wildman–Crippen LogP) is 0.685. The van der Waals surface area contributed by atoms with E-state index < -0.39 is 35.5 Å². The quantitative estimate of drug-likeness (QED) is 0.358. The molecule has 0 spiro atoms. The molecule has 8 heteroatoms. The number of hydrogen-bond acceptors (Lipinski definition) is 5. The number of hydrogen-bond donors (Lipinski definition) is 4. The normalized spacial score (nSPS) is 10.9. The predicted molar refractivity (Wildman–Crippen MR) is 60.9 cm³/mol. The summed E-state index contributed by atoms with van der Waals surface area (Å²) < 4.78 is 26.4. The van der Waals surface area contributed by atoms with Crippen molar-refractivity contribution in [3.05, 3.63) is 29.3 Å². The summed E-state index contributed by atoms with van der Waals surface area (Å²) in [6.45, 7) is -0.545. The van der Waals surface area contributed by atoms with Crippen molar-refractivity contribution in [1.29, 1.82) is 10.7 Å². The van der Waals surface area contributed by atoms with Gasteiger partial charge < -0.3 is 10.8 Å².